The fourth-order valence-electron chi connectivity index (χ4n) is 3.63. The normalized spacial score (nSPS) is 16.4. The van der Waals surface area contributed by atoms with Crippen molar-refractivity contribution in [1.29, 1.82) is 0 Å². The minimum atomic E-state index is 0.444. The standard InChI is InChI=1S/C17H24N8O/c1-3-25-16(10-24-12-18-11-19-24)20-21-17(25)14-4-6-23(7-5-14)9-15-8-13(2)22-26-15/h8,11-12,14H,3-7,9-10H2,1-2H3. The fraction of sp³-hybridized carbons (Fsp3) is 0.588. The maximum absolute atomic E-state index is 5.34. The summed E-state index contributed by atoms with van der Waals surface area (Å²) in [6.07, 6.45) is 5.40. The van der Waals surface area contributed by atoms with Crippen LogP contribution in [0.3, 0.4) is 0 Å². The third-order valence-corrected chi connectivity index (χ3v) is 4.95. The average Bonchev–Trinajstić information content (AvgIpc) is 3.38. The maximum Gasteiger partial charge on any atom is 0.154 e. The molecule has 0 aromatic carbocycles. The molecule has 0 aliphatic carbocycles. The van der Waals surface area contributed by atoms with Crippen molar-refractivity contribution in [2.24, 2.45) is 0 Å². The Labute approximate surface area is 152 Å². The van der Waals surface area contributed by atoms with Gasteiger partial charge >= 0.3 is 0 Å². The topological polar surface area (TPSA) is 90.7 Å². The first-order valence-corrected chi connectivity index (χ1v) is 9.12. The Morgan fingerprint density at radius 1 is 1.19 bits per heavy atom. The lowest BCUT2D eigenvalue weighted by Gasteiger charge is -2.30. The molecule has 138 valence electrons. The molecule has 3 aromatic rings. The molecular formula is C17H24N8O. The van der Waals surface area contributed by atoms with Crippen LogP contribution >= 0.6 is 0 Å². The summed E-state index contributed by atoms with van der Waals surface area (Å²) >= 11 is 0. The predicted octanol–water partition coefficient (Wildman–Crippen LogP) is 1.61. The molecule has 4 rings (SSSR count). The Morgan fingerprint density at radius 3 is 2.69 bits per heavy atom. The lowest BCUT2D eigenvalue weighted by atomic mass is 9.95. The molecule has 1 saturated heterocycles. The highest BCUT2D eigenvalue weighted by molar-refractivity contribution is 5.06. The minimum Gasteiger partial charge on any atom is -0.360 e. The van der Waals surface area contributed by atoms with Crippen molar-refractivity contribution >= 4 is 0 Å². The molecule has 0 atom stereocenters. The molecule has 0 spiro atoms. The third-order valence-electron chi connectivity index (χ3n) is 4.95. The highest BCUT2D eigenvalue weighted by Crippen LogP contribution is 2.28. The number of hydrogen-bond acceptors (Lipinski definition) is 7. The fourth-order valence-corrected chi connectivity index (χ4v) is 3.63. The number of hydrogen-bond donors (Lipinski definition) is 0. The van der Waals surface area contributed by atoms with Gasteiger partial charge in [0.15, 0.2) is 11.6 Å². The van der Waals surface area contributed by atoms with Crippen molar-refractivity contribution in [3.05, 3.63) is 41.8 Å². The van der Waals surface area contributed by atoms with Crippen LogP contribution in [0.2, 0.25) is 0 Å². The summed E-state index contributed by atoms with van der Waals surface area (Å²) in [4.78, 5) is 6.41. The van der Waals surface area contributed by atoms with E-state index in [1.165, 1.54) is 0 Å². The van der Waals surface area contributed by atoms with Crippen LogP contribution in [-0.4, -0.2) is 52.7 Å². The van der Waals surface area contributed by atoms with Crippen LogP contribution in [0.4, 0.5) is 0 Å². The summed E-state index contributed by atoms with van der Waals surface area (Å²) in [5.41, 5.74) is 0.936. The first-order chi connectivity index (χ1) is 12.7. The minimum absolute atomic E-state index is 0.444. The van der Waals surface area contributed by atoms with Crippen molar-refractivity contribution in [3.8, 4) is 0 Å². The second-order valence-electron chi connectivity index (χ2n) is 6.80. The van der Waals surface area contributed by atoms with Gasteiger partial charge in [-0.1, -0.05) is 5.16 Å². The van der Waals surface area contributed by atoms with E-state index in [0.29, 0.717) is 12.5 Å². The molecule has 9 nitrogen and oxygen atoms in total. The Kier molecular flexibility index (Phi) is 4.79. The first-order valence-electron chi connectivity index (χ1n) is 9.12. The van der Waals surface area contributed by atoms with Gasteiger partial charge in [-0.05, 0) is 39.8 Å². The summed E-state index contributed by atoms with van der Waals surface area (Å²) in [6, 6.07) is 2.01. The van der Waals surface area contributed by atoms with Gasteiger partial charge in [-0.2, -0.15) is 5.10 Å². The second-order valence-corrected chi connectivity index (χ2v) is 6.80. The molecule has 0 unspecified atom stereocenters. The van der Waals surface area contributed by atoms with Crippen LogP contribution in [0.5, 0.6) is 0 Å². The summed E-state index contributed by atoms with van der Waals surface area (Å²) in [6.45, 7) is 8.44. The van der Waals surface area contributed by atoms with E-state index < -0.39 is 0 Å². The molecule has 0 radical (unpaired) electrons. The van der Waals surface area contributed by atoms with Crippen molar-refractivity contribution in [2.75, 3.05) is 13.1 Å². The quantitative estimate of drug-likeness (QED) is 0.663. The molecule has 9 heteroatoms. The van der Waals surface area contributed by atoms with Gasteiger partial charge in [0, 0.05) is 18.5 Å². The predicted molar refractivity (Wildman–Crippen MR) is 93.3 cm³/mol. The van der Waals surface area contributed by atoms with Crippen molar-refractivity contribution in [3.63, 3.8) is 0 Å². The lowest BCUT2D eigenvalue weighted by Crippen LogP contribution is -2.33. The van der Waals surface area contributed by atoms with Gasteiger partial charge in [0.25, 0.3) is 0 Å². The molecule has 0 N–H and O–H groups in total. The van der Waals surface area contributed by atoms with Crippen LogP contribution in [0, 0.1) is 6.92 Å². The zero-order valence-corrected chi connectivity index (χ0v) is 15.2. The number of aryl methyl sites for hydroxylation is 1. The summed E-state index contributed by atoms with van der Waals surface area (Å²) in [5, 5.41) is 17.1. The first kappa shape index (κ1) is 16.9. The number of nitrogens with zero attached hydrogens (tertiary/aromatic N) is 8. The molecule has 0 bridgehead atoms. The van der Waals surface area contributed by atoms with Crippen LogP contribution in [0.1, 0.15) is 48.8 Å². The molecule has 0 saturated carbocycles. The highest BCUT2D eigenvalue weighted by Gasteiger charge is 2.26. The molecule has 26 heavy (non-hydrogen) atoms. The Bertz CT molecular complexity index is 829. The van der Waals surface area contributed by atoms with Gasteiger partial charge in [-0.15, -0.1) is 10.2 Å². The van der Waals surface area contributed by atoms with E-state index in [-0.39, 0.29) is 0 Å². The molecule has 1 aliphatic rings. The average molecular weight is 356 g/mol. The van der Waals surface area contributed by atoms with Gasteiger partial charge in [0.1, 0.15) is 25.0 Å². The molecular weight excluding hydrogens is 332 g/mol. The molecule has 1 fully saturated rings. The van der Waals surface area contributed by atoms with Crippen molar-refractivity contribution in [1.82, 2.24) is 39.6 Å². The number of rotatable bonds is 6. The van der Waals surface area contributed by atoms with E-state index in [0.717, 1.165) is 62.1 Å². The van der Waals surface area contributed by atoms with E-state index in [2.05, 4.69) is 41.8 Å². The maximum atomic E-state index is 5.34. The zero-order chi connectivity index (χ0) is 17.9. The summed E-state index contributed by atoms with van der Waals surface area (Å²) < 4.78 is 9.34. The lowest BCUT2D eigenvalue weighted by molar-refractivity contribution is 0.180. The zero-order valence-electron chi connectivity index (χ0n) is 15.2. The van der Waals surface area contributed by atoms with E-state index in [1.54, 1.807) is 17.3 Å². The van der Waals surface area contributed by atoms with Crippen LogP contribution in [-0.2, 0) is 19.6 Å². The molecule has 3 aromatic heterocycles. The molecule has 1 aliphatic heterocycles. The third kappa shape index (κ3) is 3.52. The summed E-state index contributed by atoms with van der Waals surface area (Å²) in [7, 11) is 0. The van der Waals surface area contributed by atoms with Gasteiger partial charge in [-0.25, -0.2) is 9.67 Å². The van der Waals surface area contributed by atoms with Crippen molar-refractivity contribution in [2.45, 2.75) is 52.2 Å². The van der Waals surface area contributed by atoms with Crippen LogP contribution in [0.25, 0.3) is 0 Å². The van der Waals surface area contributed by atoms with Crippen molar-refractivity contribution < 1.29 is 4.52 Å². The molecule has 4 heterocycles. The van der Waals surface area contributed by atoms with Crippen LogP contribution in [0.15, 0.2) is 23.2 Å². The Hall–Kier alpha value is -2.55. The SMILES string of the molecule is CCn1c(Cn2cncn2)nnc1C1CCN(Cc2cc(C)no2)CC1. The number of likely N-dealkylation sites (tertiary alicyclic amines) is 1. The molecule has 0 amide bonds. The van der Waals surface area contributed by atoms with Crippen LogP contribution < -0.4 is 0 Å². The number of aromatic nitrogens is 7. The smallest absolute Gasteiger partial charge is 0.154 e. The van der Waals surface area contributed by atoms with Gasteiger partial charge in [-0.3, -0.25) is 4.90 Å². The van der Waals surface area contributed by atoms with Gasteiger partial charge < -0.3 is 9.09 Å². The summed E-state index contributed by atoms with van der Waals surface area (Å²) in [5.74, 6) is 3.41. The van der Waals surface area contributed by atoms with E-state index in [9.17, 15) is 0 Å². The Balaban J connectivity index is 1.40. The number of piperidine rings is 1. The largest absolute Gasteiger partial charge is 0.360 e. The van der Waals surface area contributed by atoms with Gasteiger partial charge in [0.05, 0.1) is 12.2 Å². The van der Waals surface area contributed by atoms with E-state index in [1.807, 2.05) is 13.0 Å². The van der Waals surface area contributed by atoms with E-state index >= 15 is 0 Å². The highest BCUT2D eigenvalue weighted by atomic mass is 16.5. The van der Waals surface area contributed by atoms with E-state index in [4.69, 9.17) is 4.52 Å². The Morgan fingerprint density at radius 2 is 2.04 bits per heavy atom. The monoisotopic (exact) mass is 356 g/mol. The van der Waals surface area contributed by atoms with Gasteiger partial charge in [0.2, 0.25) is 0 Å². The second kappa shape index (κ2) is 7.36.